The Bertz CT molecular complexity index is 1090. The molecule has 0 spiro atoms. The number of thioether (sulfide) groups is 1. The van der Waals surface area contributed by atoms with Crippen LogP contribution in [0, 0.1) is 5.82 Å². The maximum Gasteiger partial charge on any atom is 0.316 e. The van der Waals surface area contributed by atoms with Gasteiger partial charge in [0, 0.05) is 11.4 Å². The predicted molar refractivity (Wildman–Crippen MR) is 124 cm³/mol. The summed E-state index contributed by atoms with van der Waals surface area (Å²) in [6.45, 7) is -0.535. The summed E-state index contributed by atoms with van der Waals surface area (Å²) in [5.41, 5.74) is 0.970. The molecule has 8 nitrogen and oxygen atoms in total. The monoisotopic (exact) mass is 494 g/mol. The van der Waals surface area contributed by atoms with Gasteiger partial charge in [0.15, 0.2) is 16.4 Å². The molecule has 3 rings (SSSR count). The molecule has 1 fully saturated rings. The summed E-state index contributed by atoms with van der Waals surface area (Å²) in [5, 5.41) is 2.58. The molecule has 0 aliphatic carbocycles. The fourth-order valence-corrected chi connectivity index (χ4v) is 5.65. The molecule has 1 aliphatic rings. The van der Waals surface area contributed by atoms with Crippen LogP contribution in [-0.2, 0) is 29.0 Å². The number of nitrogens with zero attached hydrogens (tertiary/aromatic N) is 1. The van der Waals surface area contributed by atoms with E-state index >= 15 is 0 Å². The van der Waals surface area contributed by atoms with E-state index in [1.54, 1.807) is 30.3 Å². The molecule has 1 heterocycles. The zero-order valence-corrected chi connectivity index (χ0v) is 19.2. The molecule has 0 aromatic heterocycles. The van der Waals surface area contributed by atoms with Crippen molar-refractivity contribution in [2.75, 3.05) is 39.8 Å². The van der Waals surface area contributed by atoms with Crippen LogP contribution >= 0.6 is 11.8 Å². The van der Waals surface area contributed by atoms with Crippen LogP contribution in [0.25, 0.3) is 0 Å². The van der Waals surface area contributed by atoms with E-state index in [1.807, 2.05) is 0 Å². The number of carbonyl (C=O) groups is 3. The number of benzene rings is 2. The van der Waals surface area contributed by atoms with Gasteiger partial charge < -0.3 is 15.0 Å². The number of hydrogen-bond donors (Lipinski definition) is 1. The Kier molecular flexibility index (Phi) is 8.45. The Morgan fingerprint density at radius 1 is 1.06 bits per heavy atom. The molecule has 1 unspecified atom stereocenters. The fourth-order valence-electron chi connectivity index (χ4n) is 3.34. The third-order valence-electron chi connectivity index (χ3n) is 4.81. The number of amides is 2. The van der Waals surface area contributed by atoms with Crippen LogP contribution in [0.15, 0.2) is 54.6 Å². The minimum atomic E-state index is -3.22. The summed E-state index contributed by atoms with van der Waals surface area (Å²) in [7, 11) is -3.22. The number of rotatable bonds is 9. The average Bonchev–Trinajstić information content (AvgIpc) is 3.14. The van der Waals surface area contributed by atoms with E-state index in [9.17, 15) is 27.2 Å². The number of sulfone groups is 1. The second-order valence-corrected chi connectivity index (χ2v) is 10.6. The van der Waals surface area contributed by atoms with E-state index in [1.165, 1.54) is 29.2 Å². The lowest BCUT2D eigenvalue weighted by Crippen LogP contribution is -2.43. The molecule has 33 heavy (non-hydrogen) atoms. The zero-order valence-electron chi connectivity index (χ0n) is 17.6. The lowest BCUT2D eigenvalue weighted by Gasteiger charge is -2.28. The van der Waals surface area contributed by atoms with Crippen LogP contribution in [-0.4, -0.2) is 61.9 Å². The van der Waals surface area contributed by atoms with Gasteiger partial charge in [-0.2, -0.15) is 0 Å². The standard InChI is InChI=1S/C22H23FN2O6S2/c23-16-6-8-17(9-7-16)24-20(26)13-32-14-22(28)31-12-21(27)25(18-4-2-1-3-5-18)19-10-11-33(29,30)15-19/h1-9,19H,10-15H2,(H,24,26). The Morgan fingerprint density at radius 2 is 1.76 bits per heavy atom. The van der Waals surface area contributed by atoms with Crippen LogP contribution in [0.2, 0.25) is 0 Å². The van der Waals surface area contributed by atoms with Gasteiger partial charge >= 0.3 is 5.97 Å². The molecular formula is C22H23FN2O6S2. The first-order chi connectivity index (χ1) is 15.7. The molecule has 2 aromatic rings. The van der Waals surface area contributed by atoms with Gasteiger partial charge in [-0.1, -0.05) is 18.2 Å². The normalized spacial score (nSPS) is 16.7. The fraction of sp³-hybridized carbons (Fsp3) is 0.318. The van der Waals surface area contributed by atoms with E-state index < -0.39 is 40.2 Å². The summed E-state index contributed by atoms with van der Waals surface area (Å²) in [6, 6.07) is 13.4. The Hall–Kier alpha value is -2.92. The SMILES string of the molecule is O=C(CSCC(=O)OCC(=O)N(c1ccccc1)C1CCS(=O)(=O)C1)Nc1ccc(F)cc1. The van der Waals surface area contributed by atoms with Gasteiger partial charge in [-0.3, -0.25) is 14.4 Å². The minimum absolute atomic E-state index is 0.00466. The van der Waals surface area contributed by atoms with Gasteiger partial charge in [-0.05, 0) is 42.8 Å². The molecule has 1 atom stereocenters. The number of halogens is 1. The highest BCUT2D eigenvalue weighted by Gasteiger charge is 2.35. The molecule has 1 N–H and O–H groups in total. The molecule has 0 saturated carbocycles. The highest BCUT2D eigenvalue weighted by Crippen LogP contribution is 2.24. The summed E-state index contributed by atoms with van der Waals surface area (Å²) >= 11 is 1.01. The number of ether oxygens (including phenoxy) is 1. The van der Waals surface area contributed by atoms with Crippen molar-refractivity contribution in [3.8, 4) is 0 Å². The van der Waals surface area contributed by atoms with Crippen LogP contribution < -0.4 is 10.2 Å². The van der Waals surface area contributed by atoms with E-state index in [-0.39, 0.29) is 28.9 Å². The Labute approximate surface area is 195 Å². The number of nitrogens with one attached hydrogen (secondary N) is 1. The topological polar surface area (TPSA) is 110 Å². The molecule has 176 valence electrons. The third kappa shape index (κ3) is 7.57. The van der Waals surface area contributed by atoms with Crippen molar-refractivity contribution in [1.29, 1.82) is 0 Å². The van der Waals surface area contributed by atoms with Gasteiger partial charge in [0.2, 0.25) is 5.91 Å². The molecule has 0 bridgehead atoms. The van der Waals surface area contributed by atoms with Gasteiger partial charge in [0.25, 0.3) is 5.91 Å². The van der Waals surface area contributed by atoms with Gasteiger partial charge in [0.1, 0.15) is 5.82 Å². The number of anilines is 2. The third-order valence-corrected chi connectivity index (χ3v) is 7.47. The molecule has 2 amide bonds. The smallest absolute Gasteiger partial charge is 0.316 e. The first-order valence-corrected chi connectivity index (χ1v) is 13.1. The van der Waals surface area contributed by atoms with Crippen molar-refractivity contribution < 1.29 is 31.9 Å². The first-order valence-electron chi connectivity index (χ1n) is 10.1. The largest absolute Gasteiger partial charge is 0.455 e. The highest BCUT2D eigenvalue weighted by molar-refractivity contribution is 8.00. The number of esters is 1. The maximum absolute atomic E-state index is 12.9. The van der Waals surface area contributed by atoms with E-state index in [2.05, 4.69) is 5.32 Å². The van der Waals surface area contributed by atoms with Gasteiger partial charge in [0.05, 0.1) is 29.1 Å². The highest BCUT2D eigenvalue weighted by atomic mass is 32.2. The minimum Gasteiger partial charge on any atom is -0.455 e. The molecule has 1 saturated heterocycles. The number of carbonyl (C=O) groups excluding carboxylic acids is 3. The van der Waals surface area contributed by atoms with Crippen LogP contribution in [0.4, 0.5) is 15.8 Å². The van der Waals surface area contributed by atoms with E-state index in [0.29, 0.717) is 17.8 Å². The van der Waals surface area contributed by atoms with Crippen molar-refractivity contribution in [3.05, 3.63) is 60.4 Å². The van der Waals surface area contributed by atoms with Crippen molar-refractivity contribution >= 4 is 50.8 Å². The molecular weight excluding hydrogens is 471 g/mol. The van der Waals surface area contributed by atoms with E-state index in [4.69, 9.17) is 4.74 Å². The lowest BCUT2D eigenvalue weighted by molar-refractivity contribution is -0.145. The number of hydrogen-bond acceptors (Lipinski definition) is 7. The quantitative estimate of drug-likeness (QED) is 0.533. The molecule has 2 aromatic carbocycles. The van der Waals surface area contributed by atoms with Crippen molar-refractivity contribution in [3.63, 3.8) is 0 Å². The Balaban J connectivity index is 1.47. The Morgan fingerprint density at radius 3 is 2.39 bits per heavy atom. The van der Waals surface area contributed by atoms with Crippen LogP contribution in [0.1, 0.15) is 6.42 Å². The van der Waals surface area contributed by atoms with E-state index in [0.717, 1.165) is 11.8 Å². The average molecular weight is 495 g/mol. The predicted octanol–water partition coefficient (Wildman–Crippen LogP) is 2.26. The molecule has 11 heteroatoms. The second kappa shape index (κ2) is 11.3. The summed E-state index contributed by atoms with van der Waals surface area (Å²) < 4.78 is 41.7. The zero-order chi connectivity index (χ0) is 23.8. The lowest BCUT2D eigenvalue weighted by atomic mass is 10.2. The first kappa shape index (κ1) is 24.7. The second-order valence-electron chi connectivity index (χ2n) is 7.36. The summed E-state index contributed by atoms with van der Waals surface area (Å²) in [6.07, 6.45) is 0.315. The maximum atomic E-state index is 12.9. The molecule has 0 radical (unpaired) electrons. The van der Waals surface area contributed by atoms with Gasteiger partial charge in [-0.25, -0.2) is 12.8 Å². The van der Waals surface area contributed by atoms with Crippen molar-refractivity contribution in [2.24, 2.45) is 0 Å². The molecule has 1 aliphatic heterocycles. The van der Waals surface area contributed by atoms with Crippen LogP contribution in [0.5, 0.6) is 0 Å². The van der Waals surface area contributed by atoms with Crippen molar-refractivity contribution in [2.45, 2.75) is 12.5 Å². The number of para-hydroxylation sites is 1. The van der Waals surface area contributed by atoms with Crippen LogP contribution in [0.3, 0.4) is 0 Å². The summed E-state index contributed by atoms with van der Waals surface area (Å²) in [4.78, 5) is 38.1. The summed E-state index contributed by atoms with van der Waals surface area (Å²) in [5.74, 6) is -2.28. The van der Waals surface area contributed by atoms with Crippen molar-refractivity contribution in [1.82, 2.24) is 0 Å². The van der Waals surface area contributed by atoms with Gasteiger partial charge in [-0.15, -0.1) is 11.8 Å².